The van der Waals surface area contributed by atoms with Crippen LogP contribution in [0, 0.1) is 5.92 Å². The van der Waals surface area contributed by atoms with E-state index < -0.39 is 0 Å². The zero-order valence-electron chi connectivity index (χ0n) is 18.1. The molecule has 1 aliphatic carbocycles. The van der Waals surface area contributed by atoms with Crippen molar-refractivity contribution in [3.63, 3.8) is 0 Å². The fourth-order valence-electron chi connectivity index (χ4n) is 3.72. The van der Waals surface area contributed by atoms with Crippen molar-refractivity contribution in [1.82, 2.24) is 9.88 Å². The number of carbonyl (C=O) groups is 1. The summed E-state index contributed by atoms with van der Waals surface area (Å²) in [6, 6.07) is 17.8. The van der Waals surface area contributed by atoms with Crippen LogP contribution in [0.15, 0.2) is 84.4 Å². The van der Waals surface area contributed by atoms with E-state index in [4.69, 9.17) is 4.74 Å². The molecule has 0 aliphatic heterocycles. The predicted molar refractivity (Wildman–Crippen MR) is 130 cm³/mol. The van der Waals surface area contributed by atoms with E-state index in [0.717, 1.165) is 41.3 Å². The van der Waals surface area contributed by atoms with E-state index in [-0.39, 0.29) is 5.91 Å². The summed E-state index contributed by atoms with van der Waals surface area (Å²) in [5, 5.41) is 2.00. The van der Waals surface area contributed by atoms with Gasteiger partial charge in [0.1, 0.15) is 5.75 Å². The number of aromatic nitrogens is 1. The zero-order valence-corrected chi connectivity index (χ0v) is 18.9. The van der Waals surface area contributed by atoms with Crippen molar-refractivity contribution < 1.29 is 9.53 Å². The number of allylic oxidation sites excluding steroid dienone is 2. The number of rotatable bonds is 9. The van der Waals surface area contributed by atoms with Gasteiger partial charge in [-0.25, -0.2) is 0 Å². The van der Waals surface area contributed by atoms with Gasteiger partial charge in [-0.1, -0.05) is 36.4 Å². The zero-order chi connectivity index (χ0) is 22.0. The second-order valence-corrected chi connectivity index (χ2v) is 8.95. The molecule has 0 spiro atoms. The number of benzene rings is 1. The Morgan fingerprint density at radius 3 is 2.88 bits per heavy atom. The van der Waals surface area contributed by atoms with Crippen molar-refractivity contribution in [2.75, 3.05) is 6.61 Å². The van der Waals surface area contributed by atoms with Gasteiger partial charge in [0.15, 0.2) is 0 Å². The Bertz CT molecular complexity index is 1040. The molecule has 4 rings (SSSR count). The normalized spacial score (nSPS) is 15.7. The van der Waals surface area contributed by atoms with Gasteiger partial charge < -0.3 is 9.64 Å². The summed E-state index contributed by atoms with van der Waals surface area (Å²) >= 11 is 1.61. The SMILES string of the molecule is O=C(/C=C/c1cccs1)N(Cc1cccc(OC[C@@H]2CC=CCC2)c1)Cc1ccccn1. The highest BCUT2D eigenvalue weighted by Gasteiger charge is 2.14. The minimum Gasteiger partial charge on any atom is -0.493 e. The van der Waals surface area contributed by atoms with Crippen LogP contribution < -0.4 is 4.74 Å². The molecule has 164 valence electrons. The van der Waals surface area contributed by atoms with E-state index in [0.29, 0.717) is 19.0 Å². The lowest BCUT2D eigenvalue weighted by atomic mass is 9.95. The second-order valence-electron chi connectivity index (χ2n) is 7.97. The first-order chi connectivity index (χ1) is 15.8. The molecule has 4 nitrogen and oxygen atoms in total. The smallest absolute Gasteiger partial charge is 0.247 e. The number of nitrogens with zero attached hydrogens (tertiary/aromatic N) is 2. The van der Waals surface area contributed by atoms with E-state index in [1.807, 2.05) is 71.0 Å². The highest BCUT2D eigenvalue weighted by molar-refractivity contribution is 7.10. The Hall–Kier alpha value is -3.18. The molecule has 32 heavy (non-hydrogen) atoms. The molecule has 2 aromatic heterocycles. The van der Waals surface area contributed by atoms with Gasteiger partial charge in [-0.2, -0.15) is 0 Å². The molecule has 1 aliphatic rings. The first kappa shape index (κ1) is 22.0. The topological polar surface area (TPSA) is 42.4 Å². The number of pyridine rings is 1. The van der Waals surface area contributed by atoms with Gasteiger partial charge in [0.05, 0.1) is 18.8 Å². The van der Waals surface area contributed by atoms with E-state index in [2.05, 4.69) is 17.1 Å². The van der Waals surface area contributed by atoms with Crippen molar-refractivity contribution in [1.29, 1.82) is 0 Å². The van der Waals surface area contributed by atoms with Gasteiger partial charge in [0.25, 0.3) is 0 Å². The van der Waals surface area contributed by atoms with E-state index in [1.165, 1.54) is 6.42 Å². The Kier molecular flexibility index (Phi) is 7.88. The lowest BCUT2D eigenvalue weighted by Crippen LogP contribution is -2.28. The van der Waals surface area contributed by atoms with E-state index >= 15 is 0 Å². The standard InChI is InChI=1S/C27H28N2O2S/c30-27(15-14-26-13-7-17-32-26)29(20-24-11-4-5-16-28-24)19-23-10-6-12-25(18-23)31-21-22-8-2-1-3-9-22/h1-2,4-7,10-18,22H,3,8-9,19-21H2/b15-14+/t22-/m1/s1. The lowest BCUT2D eigenvalue weighted by molar-refractivity contribution is -0.127. The van der Waals surface area contributed by atoms with Gasteiger partial charge in [0.2, 0.25) is 5.91 Å². The Labute approximate surface area is 193 Å². The quantitative estimate of drug-likeness (QED) is 0.295. The van der Waals surface area contributed by atoms with E-state index in [9.17, 15) is 4.79 Å². The summed E-state index contributed by atoms with van der Waals surface area (Å²) in [4.78, 5) is 20.3. The van der Waals surface area contributed by atoms with Gasteiger partial charge in [-0.15, -0.1) is 11.3 Å². The van der Waals surface area contributed by atoms with Crippen molar-refractivity contribution >= 4 is 23.3 Å². The summed E-state index contributed by atoms with van der Waals surface area (Å²) in [7, 11) is 0. The monoisotopic (exact) mass is 444 g/mol. The third-order valence-electron chi connectivity index (χ3n) is 5.46. The maximum atomic E-state index is 13.0. The first-order valence-electron chi connectivity index (χ1n) is 11.0. The molecule has 0 fully saturated rings. The maximum absolute atomic E-state index is 13.0. The molecule has 1 amide bonds. The molecule has 1 aromatic carbocycles. The number of ether oxygens (including phenoxy) is 1. The number of hydrogen-bond donors (Lipinski definition) is 0. The van der Waals surface area contributed by atoms with Crippen LogP contribution in [0.5, 0.6) is 5.75 Å². The third kappa shape index (κ3) is 6.66. The minimum atomic E-state index is -0.0376. The summed E-state index contributed by atoms with van der Waals surface area (Å²) in [5.74, 6) is 1.40. The number of carbonyl (C=O) groups excluding carboxylic acids is 1. The Balaban J connectivity index is 1.44. The minimum absolute atomic E-state index is 0.0376. The number of amides is 1. The molecule has 0 saturated carbocycles. The molecule has 0 N–H and O–H groups in total. The van der Waals surface area contributed by atoms with Crippen LogP contribution in [0.4, 0.5) is 0 Å². The molecule has 5 heteroatoms. The van der Waals surface area contributed by atoms with E-state index in [1.54, 1.807) is 23.6 Å². The second kappa shape index (κ2) is 11.4. The van der Waals surface area contributed by atoms with Crippen LogP contribution in [0.25, 0.3) is 6.08 Å². The fraction of sp³-hybridized carbons (Fsp3) is 0.259. The molecule has 1 atom stereocenters. The van der Waals surface area contributed by atoms with Crippen LogP contribution in [0.2, 0.25) is 0 Å². The van der Waals surface area contributed by atoms with Crippen molar-refractivity contribution in [3.8, 4) is 5.75 Å². The van der Waals surface area contributed by atoms with Gasteiger partial charge >= 0.3 is 0 Å². The molecule has 0 bridgehead atoms. The summed E-state index contributed by atoms with van der Waals surface area (Å²) in [6.07, 6.45) is 13.2. The largest absolute Gasteiger partial charge is 0.493 e. The summed E-state index contributed by atoms with van der Waals surface area (Å²) in [6.45, 7) is 1.68. The molecular formula is C27H28N2O2S. The van der Waals surface area contributed by atoms with Crippen LogP contribution >= 0.6 is 11.3 Å². The highest BCUT2D eigenvalue weighted by Crippen LogP contribution is 2.22. The first-order valence-corrected chi connectivity index (χ1v) is 11.9. The van der Waals surface area contributed by atoms with Gasteiger partial charge in [0, 0.05) is 23.7 Å². The highest BCUT2D eigenvalue weighted by atomic mass is 32.1. The van der Waals surface area contributed by atoms with Gasteiger partial charge in [-0.3, -0.25) is 9.78 Å². The lowest BCUT2D eigenvalue weighted by Gasteiger charge is -2.22. The van der Waals surface area contributed by atoms with Crippen molar-refractivity contribution in [2.45, 2.75) is 32.4 Å². The Morgan fingerprint density at radius 2 is 2.09 bits per heavy atom. The van der Waals surface area contributed by atoms with Crippen molar-refractivity contribution in [2.24, 2.45) is 5.92 Å². The van der Waals surface area contributed by atoms with Crippen LogP contribution in [0.1, 0.15) is 35.4 Å². The summed E-state index contributed by atoms with van der Waals surface area (Å²) < 4.78 is 6.08. The number of thiophene rings is 1. The average molecular weight is 445 g/mol. The average Bonchev–Trinajstić information content (AvgIpc) is 3.36. The molecule has 0 unspecified atom stereocenters. The predicted octanol–water partition coefficient (Wildman–Crippen LogP) is 6.12. The fourth-order valence-corrected chi connectivity index (χ4v) is 4.34. The molecule has 0 saturated heterocycles. The van der Waals surface area contributed by atoms with Crippen LogP contribution in [-0.4, -0.2) is 22.4 Å². The summed E-state index contributed by atoms with van der Waals surface area (Å²) in [5.41, 5.74) is 1.91. The van der Waals surface area contributed by atoms with Crippen LogP contribution in [0.3, 0.4) is 0 Å². The van der Waals surface area contributed by atoms with Crippen LogP contribution in [-0.2, 0) is 17.9 Å². The molecule has 2 heterocycles. The third-order valence-corrected chi connectivity index (χ3v) is 6.30. The molecular weight excluding hydrogens is 416 g/mol. The molecule has 3 aromatic rings. The molecule has 0 radical (unpaired) electrons. The van der Waals surface area contributed by atoms with Gasteiger partial charge in [-0.05, 0) is 72.5 Å². The maximum Gasteiger partial charge on any atom is 0.247 e. The Morgan fingerprint density at radius 1 is 1.12 bits per heavy atom. The van der Waals surface area contributed by atoms with Crippen molar-refractivity contribution in [3.05, 3.63) is 101 Å². The number of hydrogen-bond acceptors (Lipinski definition) is 4.